The van der Waals surface area contributed by atoms with Gasteiger partial charge in [0.05, 0.1) is 11.3 Å². The van der Waals surface area contributed by atoms with E-state index in [4.69, 9.17) is 0 Å². The van der Waals surface area contributed by atoms with E-state index in [0.29, 0.717) is 17.0 Å². The summed E-state index contributed by atoms with van der Waals surface area (Å²) in [7, 11) is 0. The van der Waals surface area contributed by atoms with Crippen molar-refractivity contribution in [2.45, 2.75) is 47.0 Å². The Bertz CT molecular complexity index is 1260. The van der Waals surface area contributed by atoms with Crippen LogP contribution in [0, 0.1) is 20.8 Å². The van der Waals surface area contributed by atoms with Crippen LogP contribution in [0.15, 0.2) is 72.4 Å². The summed E-state index contributed by atoms with van der Waals surface area (Å²) in [5.41, 5.74) is 7.22. The van der Waals surface area contributed by atoms with Crippen molar-refractivity contribution in [3.63, 3.8) is 0 Å². The summed E-state index contributed by atoms with van der Waals surface area (Å²) >= 11 is 0. The van der Waals surface area contributed by atoms with Crippen LogP contribution in [0.1, 0.15) is 48.6 Å². The number of amides is 2. The van der Waals surface area contributed by atoms with Crippen molar-refractivity contribution < 1.29 is 9.59 Å². The molecule has 3 aromatic rings. The molecule has 0 atom stereocenters. The zero-order chi connectivity index (χ0) is 23.9. The van der Waals surface area contributed by atoms with Gasteiger partial charge in [0.15, 0.2) is 0 Å². The van der Waals surface area contributed by atoms with Crippen LogP contribution >= 0.6 is 0 Å². The third-order valence-corrected chi connectivity index (χ3v) is 6.19. The number of anilines is 2. The Hall–Kier alpha value is -3.66. The molecular weight excluding hydrogens is 408 g/mol. The first-order valence-electron chi connectivity index (χ1n) is 11.2. The van der Waals surface area contributed by atoms with E-state index in [9.17, 15) is 9.59 Å². The Labute approximate surface area is 195 Å². The van der Waals surface area contributed by atoms with Crippen LogP contribution < -0.4 is 10.2 Å². The second-order valence-corrected chi connectivity index (χ2v) is 9.78. The molecule has 0 spiro atoms. The van der Waals surface area contributed by atoms with Crippen LogP contribution in [0.25, 0.3) is 5.57 Å². The van der Waals surface area contributed by atoms with Gasteiger partial charge in [-0.15, -0.1) is 0 Å². The largest absolute Gasteiger partial charge is 0.350 e. The molecule has 0 aliphatic carbocycles. The lowest BCUT2D eigenvalue weighted by Gasteiger charge is -2.19. The molecule has 168 valence electrons. The molecule has 0 unspecified atom stereocenters. The Balaban J connectivity index is 1.78. The van der Waals surface area contributed by atoms with Crippen molar-refractivity contribution in [3.8, 4) is 0 Å². The standard InChI is InChI=1S/C29H30N2O2/c1-18-7-10-21(11-8-18)25-26(30-23-14-12-22(13-15-23)29(4,5)6)28(33)31(27(25)32)24-16-9-19(2)20(3)17-24/h7-17,30H,1-6H3. The van der Waals surface area contributed by atoms with Gasteiger partial charge in [-0.1, -0.05) is 68.8 Å². The van der Waals surface area contributed by atoms with E-state index < -0.39 is 0 Å². The number of imide groups is 1. The van der Waals surface area contributed by atoms with Crippen LogP contribution in [0.5, 0.6) is 0 Å². The molecule has 1 heterocycles. The van der Waals surface area contributed by atoms with E-state index in [1.54, 1.807) is 0 Å². The molecule has 0 bridgehead atoms. The van der Waals surface area contributed by atoms with Crippen molar-refractivity contribution in [1.82, 2.24) is 0 Å². The number of benzene rings is 3. The molecule has 1 aliphatic heterocycles. The Morgan fingerprint density at radius 1 is 0.727 bits per heavy atom. The van der Waals surface area contributed by atoms with Crippen LogP contribution in [0.4, 0.5) is 11.4 Å². The molecule has 0 aromatic heterocycles. The maximum absolute atomic E-state index is 13.6. The molecule has 0 radical (unpaired) electrons. The van der Waals surface area contributed by atoms with E-state index in [1.807, 2.05) is 75.4 Å². The average molecular weight is 439 g/mol. The summed E-state index contributed by atoms with van der Waals surface area (Å²) in [6, 6.07) is 21.4. The van der Waals surface area contributed by atoms with Gasteiger partial charge in [-0.25, -0.2) is 4.90 Å². The zero-order valence-corrected chi connectivity index (χ0v) is 20.1. The number of carbonyl (C=O) groups excluding carboxylic acids is 2. The van der Waals surface area contributed by atoms with E-state index in [-0.39, 0.29) is 17.2 Å². The normalized spacial score (nSPS) is 14.3. The highest BCUT2D eigenvalue weighted by atomic mass is 16.2. The lowest BCUT2D eigenvalue weighted by atomic mass is 9.87. The molecule has 33 heavy (non-hydrogen) atoms. The summed E-state index contributed by atoms with van der Waals surface area (Å²) in [4.78, 5) is 28.4. The average Bonchev–Trinajstić information content (AvgIpc) is 3.00. The molecule has 4 rings (SSSR count). The van der Waals surface area contributed by atoms with Gasteiger partial charge in [-0.3, -0.25) is 9.59 Å². The summed E-state index contributed by atoms with van der Waals surface area (Å²) in [5, 5.41) is 3.26. The minimum absolute atomic E-state index is 0.0318. The van der Waals surface area contributed by atoms with Gasteiger partial charge in [-0.05, 0) is 72.7 Å². The molecule has 4 heteroatoms. The van der Waals surface area contributed by atoms with Gasteiger partial charge >= 0.3 is 0 Å². The van der Waals surface area contributed by atoms with E-state index >= 15 is 0 Å². The topological polar surface area (TPSA) is 49.4 Å². The smallest absolute Gasteiger partial charge is 0.282 e. The fourth-order valence-electron chi connectivity index (χ4n) is 3.93. The quantitative estimate of drug-likeness (QED) is 0.486. The molecule has 3 aromatic carbocycles. The number of aryl methyl sites for hydroxylation is 3. The molecule has 2 amide bonds. The van der Waals surface area contributed by atoms with Gasteiger partial charge in [0.1, 0.15) is 5.70 Å². The minimum Gasteiger partial charge on any atom is -0.350 e. The van der Waals surface area contributed by atoms with Crippen molar-refractivity contribution >= 4 is 28.8 Å². The first kappa shape index (κ1) is 22.5. The summed E-state index contributed by atoms with van der Waals surface area (Å²) < 4.78 is 0. The lowest BCUT2D eigenvalue weighted by Crippen LogP contribution is -2.32. The fraction of sp³-hybridized carbons (Fsp3) is 0.241. The Kier molecular flexibility index (Phi) is 5.71. The second kappa shape index (κ2) is 8.36. The van der Waals surface area contributed by atoms with Crippen LogP contribution in [-0.4, -0.2) is 11.8 Å². The first-order chi connectivity index (χ1) is 15.6. The molecule has 0 saturated heterocycles. The van der Waals surface area contributed by atoms with Crippen LogP contribution in [-0.2, 0) is 15.0 Å². The minimum atomic E-state index is -0.348. The van der Waals surface area contributed by atoms with Gasteiger partial charge < -0.3 is 5.32 Å². The number of hydrogen-bond donors (Lipinski definition) is 1. The maximum Gasteiger partial charge on any atom is 0.282 e. The molecule has 0 saturated carbocycles. The second-order valence-electron chi connectivity index (χ2n) is 9.78. The third kappa shape index (κ3) is 4.34. The van der Waals surface area contributed by atoms with Crippen LogP contribution in [0.3, 0.4) is 0 Å². The van der Waals surface area contributed by atoms with E-state index in [1.165, 1.54) is 10.5 Å². The predicted octanol–water partition coefficient (Wildman–Crippen LogP) is 6.31. The summed E-state index contributed by atoms with van der Waals surface area (Å²) in [6.45, 7) is 12.5. The molecule has 1 N–H and O–H groups in total. The summed E-state index contributed by atoms with van der Waals surface area (Å²) in [5.74, 6) is -0.667. The van der Waals surface area contributed by atoms with Gasteiger partial charge in [-0.2, -0.15) is 0 Å². The van der Waals surface area contributed by atoms with Crippen molar-refractivity contribution in [1.29, 1.82) is 0 Å². The van der Waals surface area contributed by atoms with Gasteiger partial charge in [0, 0.05) is 5.69 Å². The number of carbonyl (C=O) groups is 2. The van der Waals surface area contributed by atoms with Crippen molar-refractivity contribution in [2.75, 3.05) is 10.2 Å². The molecule has 1 aliphatic rings. The highest BCUT2D eigenvalue weighted by Gasteiger charge is 2.40. The predicted molar refractivity (Wildman–Crippen MR) is 135 cm³/mol. The highest BCUT2D eigenvalue weighted by molar-refractivity contribution is 6.46. The molecule has 0 fully saturated rings. The Morgan fingerprint density at radius 2 is 1.36 bits per heavy atom. The number of rotatable bonds is 4. The van der Waals surface area contributed by atoms with E-state index in [0.717, 1.165) is 27.9 Å². The zero-order valence-electron chi connectivity index (χ0n) is 20.1. The van der Waals surface area contributed by atoms with Crippen molar-refractivity contribution in [2.24, 2.45) is 0 Å². The Morgan fingerprint density at radius 3 is 1.94 bits per heavy atom. The molecule has 4 nitrogen and oxygen atoms in total. The third-order valence-electron chi connectivity index (χ3n) is 6.19. The fourth-order valence-corrected chi connectivity index (χ4v) is 3.93. The monoisotopic (exact) mass is 438 g/mol. The first-order valence-corrected chi connectivity index (χ1v) is 11.2. The van der Waals surface area contributed by atoms with Crippen LogP contribution in [0.2, 0.25) is 0 Å². The highest BCUT2D eigenvalue weighted by Crippen LogP contribution is 2.35. The van der Waals surface area contributed by atoms with Gasteiger partial charge in [0.25, 0.3) is 11.8 Å². The number of nitrogens with zero attached hydrogens (tertiary/aromatic N) is 1. The lowest BCUT2D eigenvalue weighted by molar-refractivity contribution is -0.120. The molecular formula is C29H30N2O2. The summed E-state index contributed by atoms with van der Waals surface area (Å²) in [6.07, 6.45) is 0. The SMILES string of the molecule is Cc1ccc(C2=C(Nc3ccc(C(C)(C)C)cc3)C(=O)N(c3ccc(C)c(C)c3)C2=O)cc1. The number of nitrogens with one attached hydrogen (secondary N) is 1. The van der Waals surface area contributed by atoms with Crippen molar-refractivity contribution in [3.05, 3.63) is 100 Å². The van der Waals surface area contributed by atoms with E-state index in [2.05, 4.69) is 38.2 Å². The number of hydrogen-bond acceptors (Lipinski definition) is 3. The van der Waals surface area contributed by atoms with Gasteiger partial charge in [0.2, 0.25) is 0 Å². The maximum atomic E-state index is 13.6.